The Bertz CT molecular complexity index is 750. The van der Waals surface area contributed by atoms with E-state index in [0.717, 1.165) is 0 Å². The molecule has 25 heavy (non-hydrogen) atoms. The minimum atomic E-state index is -0.698. The van der Waals surface area contributed by atoms with Gasteiger partial charge in [0.15, 0.2) is 0 Å². The van der Waals surface area contributed by atoms with Crippen LogP contribution in [0, 0.1) is 11.3 Å². The largest absolute Gasteiger partial charge is 0.492 e. The zero-order valence-corrected chi connectivity index (χ0v) is 14.2. The summed E-state index contributed by atoms with van der Waals surface area (Å²) < 4.78 is 20.3. The van der Waals surface area contributed by atoms with Gasteiger partial charge in [-0.1, -0.05) is 0 Å². The van der Waals surface area contributed by atoms with Crippen LogP contribution in [0.4, 0.5) is 5.69 Å². The molecule has 2 rings (SSSR count). The number of rotatable bonds is 5. The molecule has 0 aliphatic carbocycles. The molecule has 0 saturated carbocycles. The van der Waals surface area contributed by atoms with Crippen molar-refractivity contribution in [3.05, 3.63) is 35.0 Å². The van der Waals surface area contributed by atoms with Crippen LogP contribution in [-0.2, 0) is 23.8 Å². The van der Waals surface area contributed by atoms with Crippen molar-refractivity contribution in [1.82, 2.24) is 0 Å². The van der Waals surface area contributed by atoms with E-state index in [2.05, 4.69) is 0 Å². The number of nitriles is 1. The molecular formula is C17H18N2O6. The molecule has 0 fully saturated rings. The van der Waals surface area contributed by atoms with Gasteiger partial charge in [-0.25, -0.2) is 9.59 Å². The van der Waals surface area contributed by atoms with Gasteiger partial charge in [-0.3, -0.25) is 0 Å². The predicted molar refractivity (Wildman–Crippen MR) is 86.7 cm³/mol. The standard InChI is InChI=1S/C17H18N2O6/c1-4-25-14-6-5-12(7-11(14)8-18)19-10-24-9-13(16(20)22-2)15(19)17(21)23-3/h5-7H,4,9-10H2,1-3H3. The summed E-state index contributed by atoms with van der Waals surface area (Å²) in [6.45, 7) is 2.18. The number of methoxy groups -OCH3 is 2. The first-order valence-corrected chi connectivity index (χ1v) is 7.49. The quantitative estimate of drug-likeness (QED) is 0.737. The molecule has 0 unspecified atom stereocenters. The number of carbonyl (C=O) groups is 2. The molecule has 0 spiro atoms. The van der Waals surface area contributed by atoms with Crippen molar-refractivity contribution in [2.45, 2.75) is 6.92 Å². The van der Waals surface area contributed by atoms with Gasteiger partial charge in [0.2, 0.25) is 0 Å². The summed E-state index contributed by atoms with van der Waals surface area (Å²) in [4.78, 5) is 25.7. The minimum absolute atomic E-state index is 0.0176. The van der Waals surface area contributed by atoms with Gasteiger partial charge < -0.3 is 23.8 Å². The zero-order valence-electron chi connectivity index (χ0n) is 14.2. The maximum atomic E-state index is 12.2. The third kappa shape index (κ3) is 3.72. The third-order valence-electron chi connectivity index (χ3n) is 3.53. The summed E-state index contributed by atoms with van der Waals surface area (Å²) in [6, 6.07) is 6.89. The van der Waals surface area contributed by atoms with Crippen LogP contribution in [0.3, 0.4) is 0 Å². The van der Waals surface area contributed by atoms with Crippen molar-refractivity contribution in [2.24, 2.45) is 0 Å². The Labute approximate surface area is 145 Å². The first kappa shape index (κ1) is 18.3. The first-order chi connectivity index (χ1) is 12.1. The van der Waals surface area contributed by atoms with Crippen LogP contribution in [0.5, 0.6) is 5.75 Å². The van der Waals surface area contributed by atoms with Crippen LogP contribution < -0.4 is 9.64 Å². The number of esters is 2. The Hall–Kier alpha value is -3.05. The number of nitrogens with zero attached hydrogens (tertiary/aromatic N) is 2. The molecule has 0 atom stereocenters. The van der Waals surface area contributed by atoms with E-state index >= 15 is 0 Å². The summed E-state index contributed by atoms with van der Waals surface area (Å²) in [6.07, 6.45) is 0. The fraction of sp³-hybridized carbons (Fsp3) is 0.353. The van der Waals surface area contributed by atoms with E-state index in [1.165, 1.54) is 19.1 Å². The maximum Gasteiger partial charge on any atom is 0.355 e. The van der Waals surface area contributed by atoms with E-state index < -0.39 is 11.9 Å². The Morgan fingerprint density at radius 1 is 1.28 bits per heavy atom. The zero-order chi connectivity index (χ0) is 18.4. The molecule has 1 heterocycles. The lowest BCUT2D eigenvalue weighted by Crippen LogP contribution is -2.38. The number of hydrogen-bond acceptors (Lipinski definition) is 8. The van der Waals surface area contributed by atoms with Crippen LogP contribution in [-0.4, -0.2) is 46.1 Å². The van der Waals surface area contributed by atoms with Crippen molar-refractivity contribution in [2.75, 3.05) is 39.1 Å². The van der Waals surface area contributed by atoms with Crippen molar-refractivity contribution < 1.29 is 28.5 Å². The molecule has 1 aliphatic rings. The van der Waals surface area contributed by atoms with Crippen molar-refractivity contribution >= 4 is 17.6 Å². The van der Waals surface area contributed by atoms with Crippen LogP contribution in [0.25, 0.3) is 0 Å². The molecule has 1 aliphatic heterocycles. The monoisotopic (exact) mass is 346 g/mol. The van der Waals surface area contributed by atoms with Gasteiger partial charge in [-0.05, 0) is 25.1 Å². The molecule has 1 aromatic carbocycles. The smallest absolute Gasteiger partial charge is 0.355 e. The van der Waals surface area contributed by atoms with Gasteiger partial charge in [0, 0.05) is 5.69 Å². The van der Waals surface area contributed by atoms with Crippen LogP contribution in [0.1, 0.15) is 12.5 Å². The lowest BCUT2D eigenvalue weighted by Gasteiger charge is -2.31. The normalized spacial score (nSPS) is 13.9. The van der Waals surface area contributed by atoms with Crippen molar-refractivity contribution in [3.8, 4) is 11.8 Å². The molecule has 0 N–H and O–H groups in total. The van der Waals surface area contributed by atoms with E-state index in [4.69, 9.17) is 18.9 Å². The van der Waals surface area contributed by atoms with Crippen LogP contribution in [0.2, 0.25) is 0 Å². The van der Waals surface area contributed by atoms with E-state index in [1.807, 2.05) is 13.0 Å². The molecule has 1 aromatic rings. The second-order valence-electron chi connectivity index (χ2n) is 4.94. The van der Waals surface area contributed by atoms with Gasteiger partial charge >= 0.3 is 11.9 Å². The van der Waals surface area contributed by atoms with Gasteiger partial charge in [0.05, 0.1) is 38.6 Å². The second-order valence-corrected chi connectivity index (χ2v) is 4.94. The van der Waals surface area contributed by atoms with E-state index in [0.29, 0.717) is 23.6 Å². The van der Waals surface area contributed by atoms with Crippen molar-refractivity contribution in [3.63, 3.8) is 0 Å². The number of hydrogen-bond donors (Lipinski definition) is 0. The van der Waals surface area contributed by atoms with Gasteiger partial charge in [-0.15, -0.1) is 0 Å². The van der Waals surface area contributed by atoms with E-state index in [9.17, 15) is 14.9 Å². The Kier molecular flexibility index (Phi) is 5.98. The van der Waals surface area contributed by atoms with Gasteiger partial charge in [0.1, 0.15) is 24.2 Å². The fourth-order valence-corrected chi connectivity index (χ4v) is 2.40. The minimum Gasteiger partial charge on any atom is -0.492 e. The Morgan fingerprint density at radius 3 is 2.60 bits per heavy atom. The topological polar surface area (TPSA) is 98.1 Å². The molecule has 132 valence electrons. The summed E-state index contributed by atoms with van der Waals surface area (Å²) in [5.74, 6) is -0.948. The summed E-state index contributed by atoms with van der Waals surface area (Å²) in [5, 5.41) is 9.31. The lowest BCUT2D eigenvalue weighted by molar-refractivity contribution is -0.140. The number of benzene rings is 1. The SMILES string of the molecule is CCOc1ccc(N2COCC(C(=O)OC)=C2C(=O)OC)cc1C#N. The highest BCUT2D eigenvalue weighted by Gasteiger charge is 2.32. The highest BCUT2D eigenvalue weighted by atomic mass is 16.5. The third-order valence-corrected chi connectivity index (χ3v) is 3.53. The maximum absolute atomic E-state index is 12.2. The van der Waals surface area contributed by atoms with Gasteiger partial charge in [0.25, 0.3) is 0 Å². The van der Waals surface area contributed by atoms with Crippen LogP contribution >= 0.6 is 0 Å². The lowest BCUT2D eigenvalue weighted by atomic mass is 10.1. The molecular weight excluding hydrogens is 328 g/mol. The van der Waals surface area contributed by atoms with Gasteiger partial charge in [-0.2, -0.15) is 5.26 Å². The molecule has 0 radical (unpaired) electrons. The molecule has 8 nitrogen and oxygen atoms in total. The second kappa shape index (κ2) is 8.17. The number of ether oxygens (including phenoxy) is 4. The molecule has 0 saturated heterocycles. The highest BCUT2D eigenvalue weighted by Crippen LogP contribution is 2.30. The summed E-state index contributed by atoms with van der Waals surface area (Å²) in [7, 11) is 2.44. The molecule has 8 heteroatoms. The molecule has 0 bridgehead atoms. The Morgan fingerprint density at radius 2 is 2.00 bits per heavy atom. The summed E-state index contributed by atoms with van der Waals surface area (Å²) >= 11 is 0. The number of carbonyl (C=O) groups excluding carboxylic acids is 2. The van der Waals surface area contributed by atoms with Crippen LogP contribution in [0.15, 0.2) is 29.5 Å². The fourth-order valence-electron chi connectivity index (χ4n) is 2.40. The molecule has 0 aromatic heterocycles. The van der Waals surface area contributed by atoms with E-state index in [1.54, 1.807) is 18.2 Å². The highest BCUT2D eigenvalue weighted by molar-refractivity contribution is 6.03. The average molecular weight is 346 g/mol. The first-order valence-electron chi connectivity index (χ1n) is 7.49. The Balaban J connectivity index is 2.54. The predicted octanol–water partition coefficient (Wildman–Crippen LogP) is 1.35. The average Bonchev–Trinajstić information content (AvgIpc) is 2.66. The summed E-state index contributed by atoms with van der Waals surface area (Å²) in [5.41, 5.74) is 0.858. The van der Waals surface area contributed by atoms with E-state index in [-0.39, 0.29) is 24.6 Å². The number of anilines is 1. The van der Waals surface area contributed by atoms with Crippen molar-refractivity contribution in [1.29, 1.82) is 5.26 Å². The molecule has 0 amide bonds.